The van der Waals surface area contributed by atoms with E-state index in [9.17, 15) is 5.11 Å². The van der Waals surface area contributed by atoms with Crippen molar-refractivity contribution in [2.75, 3.05) is 66.8 Å². The van der Waals surface area contributed by atoms with E-state index in [0.29, 0.717) is 19.8 Å². The summed E-state index contributed by atoms with van der Waals surface area (Å²) < 4.78 is 17.0. The maximum atomic E-state index is 9.39. The second kappa shape index (κ2) is 15.5. The molecule has 0 aromatic heterocycles. The number of methoxy groups -OCH3 is 1. The number of ether oxygens (including phenoxy) is 3. The van der Waals surface area contributed by atoms with Crippen molar-refractivity contribution in [1.29, 1.82) is 0 Å². The minimum atomic E-state index is -0.0281. The maximum absolute atomic E-state index is 9.39. The Bertz CT molecular complexity index is 680. The molecule has 1 aromatic carbocycles. The Morgan fingerprint density at radius 1 is 1.25 bits per heavy atom. The van der Waals surface area contributed by atoms with Crippen molar-refractivity contribution in [2.45, 2.75) is 33.2 Å². The predicted octanol–water partition coefficient (Wildman–Crippen LogP) is 2.49. The van der Waals surface area contributed by atoms with Gasteiger partial charge in [0.05, 0.1) is 13.7 Å². The van der Waals surface area contributed by atoms with E-state index in [1.54, 1.807) is 14.2 Å². The van der Waals surface area contributed by atoms with Crippen LogP contribution in [0.2, 0.25) is 0 Å². The molecule has 0 radical (unpaired) electrons. The minimum absolute atomic E-state index is 0. The van der Waals surface area contributed by atoms with E-state index in [2.05, 4.69) is 34.4 Å². The van der Waals surface area contributed by atoms with Crippen LogP contribution in [0.1, 0.15) is 32.3 Å². The Balaban J connectivity index is 0.00000512. The summed E-state index contributed by atoms with van der Waals surface area (Å²) in [7, 11) is 3.42. The Kier molecular flexibility index (Phi) is 13.9. The molecule has 0 saturated carbocycles. The number of hydrogen-bond donors (Lipinski definition) is 3. The Labute approximate surface area is 210 Å². The van der Waals surface area contributed by atoms with Crippen LogP contribution in [0.25, 0.3) is 0 Å². The molecule has 0 aliphatic carbocycles. The van der Waals surface area contributed by atoms with E-state index < -0.39 is 0 Å². The maximum Gasteiger partial charge on any atom is 0.191 e. The van der Waals surface area contributed by atoms with Gasteiger partial charge in [-0.25, -0.2) is 0 Å². The van der Waals surface area contributed by atoms with E-state index >= 15 is 0 Å². The fourth-order valence-electron chi connectivity index (χ4n) is 3.76. The van der Waals surface area contributed by atoms with Crippen LogP contribution >= 0.6 is 24.0 Å². The topological polar surface area (TPSA) is 87.6 Å². The number of rotatable bonds is 13. The smallest absolute Gasteiger partial charge is 0.191 e. The van der Waals surface area contributed by atoms with Crippen molar-refractivity contribution in [3.63, 3.8) is 0 Å². The van der Waals surface area contributed by atoms with Gasteiger partial charge in [-0.2, -0.15) is 0 Å². The summed E-state index contributed by atoms with van der Waals surface area (Å²) in [5, 5.41) is 16.1. The Hall–Kier alpha value is -1.30. The number of hydrogen-bond acceptors (Lipinski definition) is 6. The fourth-order valence-corrected chi connectivity index (χ4v) is 3.76. The van der Waals surface area contributed by atoms with Crippen LogP contribution in [0, 0.1) is 5.41 Å². The molecule has 184 valence electrons. The summed E-state index contributed by atoms with van der Waals surface area (Å²) in [6, 6.07) is 5.99. The molecule has 1 aliphatic rings. The zero-order valence-corrected chi connectivity index (χ0v) is 22.3. The number of halogens is 1. The molecule has 2 rings (SSSR count). The normalized spacial score (nSPS) is 18.4. The van der Waals surface area contributed by atoms with Gasteiger partial charge in [-0.15, -0.1) is 24.0 Å². The third-order valence-electron chi connectivity index (χ3n) is 5.93. The van der Waals surface area contributed by atoms with E-state index in [4.69, 9.17) is 14.2 Å². The highest BCUT2D eigenvalue weighted by Gasteiger charge is 2.34. The van der Waals surface area contributed by atoms with Crippen LogP contribution in [0.4, 0.5) is 0 Å². The number of aliphatic hydroxyl groups excluding tert-OH is 1. The fraction of sp³-hybridized carbons (Fsp3) is 0.696. The van der Waals surface area contributed by atoms with E-state index in [1.165, 1.54) is 0 Å². The number of nitrogens with zero attached hydrogens (tertiary/aromatic N) is 2. The SMILES string of the molecule is CCN(CC)CCOc1ccc(CNC(=NC)NCC2(CCO)CCOC2)cc1OC.I. The molecule has 1 unspecified atom stereocenters. The predicted molar refractivity (Wildman–Crippen MR) is 139 cm³/mol. The van der Waals surface area contributed by atoms with Crippen LogP contribution in [0.15, 0.2) is 23.2 Å². The van der Waals surface area contributed by atoms with Crippen LogP contribution in [-0.2, 0) is 11.3 Å². The molecule has 8 nitrogen and oxygen atoms in total. The zero-order chi connectivity index (χ0) is 22.5. The van der Waals surface area contributed by atoms with Gasteiger partial charge in [-0.05, 0) is 43.6 Å². The number of benzene rings is 1. The van der Waals surface area contributed by atoms with Gasteiger partial charge in [0.2, 0.25) is 0 Å². The first kappa shape index (κ1) is 28.7. The summed E-state index contributed by atoms with van der Waals surface area (Å²) in [6.07, 6.45) is 1.68. The third kappa shape index (κ3) is 8.92. The first-order valence-electron chi connectivity index (χ1n) is 11.2. The lowest BCUT2D eigenvalue weighted by Crippen LogP contribution is -2.44. The highest BCUT2D eigenvalue weighted by Crippen LogP contribution is 2.31. The van der Waals surface area contributed by atoms with Gasteiger partial charge in [0.15, 0.2) is 17.5 Å². The number of nitrogens with one attached hydrogen (secondary N) is 2. The van der Waals surface area contributed by atoms with Gasteiger partial charge >= 0.3 is 0 Å². The van der Waals surface area contributed by atoms with Gasteiger partial charge in [-0.3, -0.25) is 4.99 Å². The molecule has 1 aliphatic heterocycles. The van der Waals surface area contributed by atoms with Crippen molar-refractivity contribution >= 4 is 29.9 Å². The molecule has 9 heteroatoms. The lowest BCUT2D eigenvalue weighted by Gasteiger charge is -2.27. The summed E-state index contributed by atoms with van der Waals surface area (Å²) in [5.41, 5.74) is 1.05. The highest BCUT2D eigenvalue weighted by molar-refractivity contribution is 14.0. The molecule has 3 N–H and O–H groups in total. The largest absolute Gasteiger partial charge is 0.493 e. The molecular weight excluding hydrogens is 523 g/mol. The van der Waals surface area contributed by atoms with E-state index in [0.717, 1.165) is 68.6 Å². The lowest BCUT2D eigenvalue weighted by molar-refractivity contribution is 0.127. The number of likely N-dealkylation sites (N-methyl/N-ethyl adjacent to an activating group) is 1. The minimum Gasteiger partial charge on any atom is -0.493 e. The van der Waals surface area contributed by atoms with Crippen molar-refractivity contribution in [3.05, 3.63) is 23.8 Å². The van der Waals surface area contributed by atoms with Crippen molar-refractivity contribution in [1.82, 2.24) is 15.5 Å². The molecule has 0 spiro atoms. The van der Waals surface area contributed by atoms with Crippen LogP contribution in [-0.4, -0.2) is 82.7 Å². The van der Waals surface area contributed by atoms with E-state index in [1.807, 2.05) is 18.2 Å². The van der Waals surface area contributed by atoms with Crippen LogP contribution in [0.5, 0.6) is 11.5 Å². The first-order chi connectivity index (χ1) is 15.1. The van der Waals surface area contributed by atoms with Crippen molar-refractivity contribution in [3.8, 4) is 11.5 Å². The molecular formula is C23H41IN4O4. The Morgan fingerprint density at radius 3 is 2.62 bits per heavy atom. The second-order valence-corrected chi connectivity index (χ2v) is 7.92. The van der Waals surface area contributed by atoms with Crippen LogP contribution < -0.4 is 20.1 Å². The summed E-state index contributed by atoms with van der Waals surface area (Å²) in [5.74, 6) is 2.21. The van der Waals surface area contributed by atoms with E-state index in [-0.39, 0.29) is 36.0 Å². The second-order valence-electron chi connectivity index (χ2n) is 7.92. The third-order valence-corrected chi connectivity index (χ3v) is 5.93. The molecule has 1 saturated heterocycles. The number of guanidine groups is 1. The molecule has 1 atom stereocenters. The number of aliphatic imine (C=N–C) groups is 1. The first-order valence-corrected chi connectivity index (χ1v) is 11.2. The van der Waals surface area contributed by atoms with Gasteiger partial charge in [0, 0.05) is 45.3 Å². The monoisotopic (exact) mass is 564 g/mol. The molecule has 1 heterocycles. The molecule has 32 heavy (non-hydrogen) atoms. The van der Waals surface area contributed by atoms with Gasteiger partial charge in [0.1, 0.15) is 6.61 Å². The van der Waals surface area contributed by atoms with Gasteiger partial charge in [0.25, 0.3) is 0 Å². The zero-order valence-electron chi connectivity index (χ0n) is 20.0. The summed E-state index contributed by atoms with van der Waals surface area (Å²) >= 11 is 0. The standard InChI is InChI=1S/C23H40N4O4.HI/c1-5-27(6-2)11-14-31-20-8-7-19(15-21(20)29-4)16-25-22(24-3)26-17-23(9-12-28)10-13-30-18-23;/h7-8,15,28H,5-6,9-14,16-18H2,1-4H3,(H2,24,25,26);1H. The van der Waals surface area contributed by atoms with Gasteiger partial charge < -0.3 is 34.9 Å². The van der Waals surface area contributed by atoms with Gasteiger partial charge in [-0.1, -0.05) is 19.9 Å². The lowest BCUT2D eigenvalue weighted by atomic mass is 9.84. The summed E-state index contributed by atoms with van der Waals surface area (Å²) in [6.45, 7) is 10.8. The number of aliphatic hydroxyl groups is 1. The molecule has 1 aromatic rings. The summed E-state index contributed by atoms with van der Waals surface area (Å²) in [4.78, 5) is 6.64. The average Bonchev–Trinajstić information content (AvgIpc) is 3.26. The quantitative estimate of drug-likeness (QED) is 0.193. The highest BCUT2D eigenvalue weighted by atomic mass is 127. The molecule has 0 bridgehead atoms. The van der Waals surface area contributed by atoms with Crippen LogP contribution in [0.3, 0.4) is 0 Å². The average molecular weight is 565 g/mol. The molecule has 1 fully saturated rings. The molecule has 0 amide bonds. The Morgan fingerprint density at radius 2 is 2.03 bits per heavy atom. The van der Waals surface area contributed by atoms with Crippen molar-refractivity contribution in [2.24, 2.45) is 10.4 Å². The van der Waals surface area contributed by atoms with Crippen molar-refractivity contribution < 1.29 is 19.3 Å².